The van der Waals surface area contributed by atoms with E-state index >= 15 is 0 Å². The molecule has 0 aliphatic rings. The van der Waals surface area contributed by atoms with Crippen LogP contribution in [0, 0.1) is 0 Å². The highest BCUT2D eigenvalue weighted by molar-refractivity contribution is 7.60. The van der Waals surface area contributed by atoms with Crippen LogP contribution in [0.4, 0.5) is 10.5 Å². The first-order chi connectivity index (χ1) is 9.97. The van der Waals surface area contributed by atoms with Crippen molar-refractivity contribution in [3.8, 4) is 0 Å². The van der Waals surface area contributed by atoms with Crippen molar-refractivity contribution in [2.75, 3.05) is 5.32 Å². The van der Waals surface area contributed by atoms with Crippen molar-refractivity contribution in [3.05, 3.63) is 60.2 Å². The topological polar surface area (TPSA) is 98.7 Å². The summed E-state index contributed by atoms with van der Waals surface area (Å²) >= 11 is 0. The van der Waals surface area contributed by atoms with Gasteiger partial charge in [-0.25, -0.2) is 4.79 Å². The predicted molar refractivity (Wildman–Crippen MR) is 80.4 cm³/mol. The number of carbonyl (C=O) groups is 1. The Balaban J connectivity index is 2.01. The van der Waals surface area contributed by atoms with Gasteiger partial charge < -0.3 is 20.4 Å². The van der Waals surface area contributed by atoms with Crippen LogP contribution in [-0.2, 0) is 11.1 Å². The quantitative estimate of drug-likeness (QED) is 0.647. The Morgan fingerprint density at radius 2 is 1.62 bits per heavy atom. The summed E-state index contributed by atoms with van der Waals surface area (Å²) < 4.78 is 11.4. The summed E-state index contributed by atoms with van der Waals surface area (Å²) in [4.78, 5) is 30.2. The Hall–Kier alpha value is -2.14. The van der Waals surface area contributed by atoms with E-state index in [0.29, 0.717) is 11.3 Å². The lowest BCUT2D eigenvalue weighted by molar-refractivity contribution is 0.251. The number of benzene rings is 2. The minimum atomic E-state index is -4.35. The van der Waals surface area contributed by atoms with E-state index in [1.165, 1.54) is 6.07 Å². The Morgan fingerprint density at radius 3 is 2.29 bits per heavy atom. The summed E-state index contributed by atoms with van der Waals surface area (Å²) in [5.74, 6) is 0. The van der Waals surface area contributed by atoms with Gasteiger partial charge in [0.05, 0.1) is 5.30 Å². The highest BCUT2D eigenvalue weighted by Crippen LogP contribution is 2.34. The molecule has 4 N–H and O–H groups in total. The predicted octanol–water partition coefficient (Wildman–Crippen LogP) is 1.81. The van der Waals surface area contributed by atoms with Crippen molar-refractivity contribution in [1.29, 1.82) is 0 Å². The zero-order valence-corrected chi connectivity index (χ0v) is 12.0. The second kappa shape index (κ2) is 6.54. The van der Waals surface area contributed by atoms with E-state index in [-0.39, 0.29) is 11.8 Å². The van der Waals surface area contributed by atoms with E-state index in [9.17, 15) is 19.1 Å². The summed E-state index contributed by atoms with van der Waals surface area (Å²) in [5.41, 5.74) is 1.02. The van der Waals surface area contributed by atoms with Crippen LogP contribution in [0.5, 0.6) is 0 Å². The molecule has 21 heavy (non-hydrogen) atoms. The zero-order valence-electron chi connectivity index (χ0n) is 11.1. The molecule has 0 atom stereocenters. The van der Waals surface area contributed by atoms with Crippen molar-refractivity contribution >= 4 is 24.6 Å². The minimum absolute atomic E-state index is 0.0277. The van der Waals surface area contributed by atoms with Crippen molar-refractivity contribution in [2.45, 2.75) is 6.54 Å². The van der Waals surface area contributed by atoms with Crippen molar-refractivity contribution in [3.63, 3.8) is 0 Å². The number of amides is 2. The molecule has 6 nitrogen and oxygen atoms in total. The fourth-order valence-electron chi connectivity index (χ4n) is 1.82. The molecule has 0 aliphatic carbocycles. The number of carbonyl (C=O) groups excluding carboxylic acids is 1. The monoisotopic (exact) mass is 306 g/mol. The third kappa shape index (κ3) is 4.43. The molecule has 0 heterocycles. The number of anilines is 1. The lowest BCUT2D eigenvalue weighted by atomic mass is 10.2. The number of rotatable bonds is 4. The van der Waals surface area contributed by atoms with Crippen LogP contribution in [0.1, 0.15) is 5.56 Å². The molecule has 0 saturated heterocycles. The first-order valence-corrected chi connectivity index (χ1v) is 7.82. The number of hydrogen-bond donors (Lipinski definition) is 4. The normalized spacial score (nSPS) is 11.0. The van der Waals surface area contributed by atoms with Crippen LogP contribution in [0.3, 0.4) is 0 Å². The molecule has 0 radical (unpaired) electrons. The number of nitrogens with one attached hydrogen (secondary N) is 2. The maximum atomic E-state index is 11.7. The van der Waals surface area contributed by atoms with Crippen molar-refractivity contribution in [1.82, 2.24) is 5.32 Å². The summed E-state index contributed by atoms with van der Waals surface area (Å²) in [7, 11) is -4.35. The molecule has 110 valence electrons. The van der Waals surface area contributed by atoms with E-state index in [1.807, 2.05) is 6.07 Å². The molecule has 0 fully saturated rings. The molecule has 2 aromatic rings. The van der Waals surface area contributed by atoms with Crippen molar-refractivity contribution < 1.29 is 19.1 Å². The average molecular weight is 306 g/mol. The maximum Gasteiger partial charge on any atom is 0.356 e. The molecule has 2 amide bonds. The SMILES string of the molecule is O=C(NCc1ccccc1P(=O)(O)O)Nc1ccccc1. The number of urea groups is 1. The molecule has 2 rings (SSSR count). The second-order valence-corrected chi connectivity index (χ2v) is 5.92. The van der Waals surface area contributed by atoms with Gasteiger partial charge in [-0.2, -0.15) is 0 Å². The molecule has 0 unspecified atom stereocenters. The zero-order chi connectivity index (χ0) is 15.3. The highest BCUT2D eigenvalue weighted by Gasteiger charge is 2.20. The lowest BCUT2D eigenvalue weighted by Crippen LogP contribution is -2.30. The van der Waals surface area contributed by atoms with Crippen LogP contribution in [0.15, 0.2) is 54.6 Å². The van der Waals surface area contributed by atoms with E-state index in [2.05, 4.69) is 10.6 Å². The van der Waals surface area contributed by atoms with E-state index in [0.717, 1.165) is 0 Å². The van der Waals surface area contributed by atoms with Gasteiger partial charge in [-0.3, -0.25) is 4.57 Å². The maximum absolute atomic E-state index is 11.7. The molecule has 0 aliphatic heterocycles. The van der Waals surface area contributed by atoms with Gasteiger partial charge in [-0.1, -0.05) is 36.4 Å². The minimum Gasteiger partial charge on any atom is -0.334 e. The van der Waals surface area contributed by atoms with Crippen molar-refractivity contribution in [2.24, 2.45) is 0 Å². The molecule has 7 heteroatoms. The van der Waals surface area contributed by atoms with Gasteiger partial charge in [0.2, 0.25) is 0 Å². The smallest absolute Gasteiger partial charge is 0.334 e. The van der Waals surface area contributed by atoms with Gasteiger partial charge in [0, 0.05) is 12.2 Å². The number of para-hydroxylation sites is 1. The van der Waals surface area contributed by atoms with Gasteiger partial charge in [0.15, 0.2) is 0 Å². The third-order valence-corrected chi connectivity index (χ3v) is 3.84. The van der Waals surface area contributed by atoms with Crippen LogP contribution in [0.25, 0.3) is 0 Å². The van der Waals surface area contributed by atoms with Gasteiger partial charge in [-0.05, 0) is 23.8 Å². The van der Waals surface area contributed by atoms with Gasteiger partial charge in [-0.15, -0.1) is 0 Å². The average Bonchev–Trinajstić information content (AvgIpc) is 2.45. The van der Waals surface area contributed by atoms with Gasteiger partial charge in [0.25, 0.3) is 0 Å². The largest absolute Gasteiger partial charge is 0.356 e. The van der Waals surface area contributed by atoms with Gasteiger partial charge >= 0.3 is 13.6 Å². The molecule has 0 saturated carbocycles. The lowest BCUT2D eigenvalue weighted by Gasteiger charge is -2.12. The summed E-state index contributed by atoms with van der Waals surface area (Å²) in [6.45, 7) is 0.0277. The fourth-order valence-corrected chi connectivity index (χ4v) is 2.62. The first-order valence-electron chi connectivity index (χ1n) is 6.21. The molecule has 0 aromatic heterocycles. The Kier molecular flexibility index (Phi) is 4.75. The third-order valence-electron chi connectivity index (χ3n) is 2.78. The first kappa shape index (κ1) is 15.3. The van der Waals surface area contributed by atoms with Crippen LogP contribution in [-0.4, -0.2) is 15.8 Å². The fraction of sp³-hybridized carbons (Fsp3) is 0.0714. The summed E-state index contributed by atoms with van der Waals surface area (Å²) in [6, 6.07) is 14.6. The standard InChI is InChI=1S/C14H15N2O4P/c17-14(16-12-7-2-1-3-8-12)15-10-11-6-4-5-9-13(11)21(18,19)20/h1-9H,10H2,(H2,15,16,17)(H2,18,19,20). The molecular weight excluding hydrogens is 291 g/mol. The molecule has 0 spiro atoms. The van der Waals surface area contributed by atoms with Crippen LogP contribution >= 0.6 is 7.60 Å². The van der Waals surface area contributed by atoms with E-state index < -0.39 is 13.6 Å². The summed E-state index contributed by atoms with van der Waals surface area (Å²) in [6.07, 6.45) is 0. The molecule has 0 bridgehead atoms. The highest BCUT2D eigenvalue weighted by atomic mass is 31.2. The molecular formula is C14H15N2O4P. The second-order valence-electron chi connectivity index (χ2n) is 4.35. The van der Waals surface area contributed by atoms with Gasteiger partial charge in [0.1, 0.15) is 0 Å². The Labute approximate surface area is 122 Å². The Bertz CT molecular complexity index is 670. The number of hydrogen-bond acceptors (Lipinski definition) is 2. The van der Waals surface area contributed by atoms with Crippen LogP contribution in [0.2, 0.25) is 0 Å². The molecule has 2 aromatic carbocycles. The summed E-state index contributed by atoms with van der Waals surface area (Å²) in [5, 5.41) is 5.11. The van der Waals surface area contributed by atoms with Crippen LogP contribution < -0.4 is 15.9 Å². The van der Waals surface area contributed by atoms with E-state index in [1.54, 1.807) is 42.5 Å². The Morgan fingerprint density at radius 1 is 1.00 bits per heavy atom. The van der Waals surface area contributed by atoms with E-state index in [4.69, 9.17) is 0 Å².